The third kappa shape index (κ3) is 9.38. The Bertz CT molecular complexity index is 210. The van der Waals surface area contributed by atoms with Crippen molar-refractivity contribution in [3.05, 3.63) is 0 Å². The number of hydrogen-bond acceptors (Lipinski definition) is 4. The maximum absolute atomic E-state index is 9.73. The van der Waals surface area contributed by atoms with E-state index in [-0.39, 0.29) is 0 Å². The lowest BCUT2D eigenvalue weighted by atomic mass is 10.1. The lowest BCUT2D eigenvalue weighted by molar-refractivity contribution is 0.00373. The Balaban J connectivity index is 1.80. The maximum Gasteiger partial charge on any atom is 0.0897 e. The van der Waals surface area contributed by atoms with Gasteiger partial charge in [0.25, 0.3) is 0 Å². The van der Waals surface area contributed by atoms with E-state index in [1.54, 1.807) is 0 Å². The molecule has 0 aromatic carbocycles. The van der Waals surface area contributed by atoms with Crippen LogP contribution >= 0.6 is 0 Å². The summed E-state index contributed by atoms with van der Waals surface area (Å²) >= 11 is 0. The topological polar surface area (TPSA) is 50.7 Å². The highest BCUT2D eigenvalue weighted by Crippen LogP contribution is 2.35. The fraction of sp³-hybridized carbons (Fsp3) is 1.00. The number of aliphatic hydroxyl groups is 1. The Morgan fingerprint density at radius 2 is 1.89 bits per heavy atom. The Morgan fingerprint density at radius 3 is 2.58 bits per heavy atom. The summed E-state index contributed by atoms with van der Waals surface area (Å²) in [7, 11) is 0. The quantitative estimate of drug-likeness (QED) is 0.503. The molecule has 0 aromatic heterocycles. The van der Waals surface area contributed by atoms with Gasteiger partial charge in [-0.1, -0.05) is 20.3 Å². The molecule has 19 heavy (non-hydrogen) atoms. The summed E-state index contributed by atoms with van der Waals surface area (Å²) in [6.45, 7) is 8.44. The molecule has 1 aliphatic carbocycles. The predicted octanol–water partition coefficient (Wildman–Crippen LogP) is 1.82. The van der Waals surface area contributed by atoms with Gasteiger partial charge in [0.2, 0.25) is 0 Å². The molecule has 0 heterocycles. The molecule has 0 aliphatic heterocycles. The fourth-order valence-corrected chi connectivity index (χ4v) is 2.05. The number of aliphatic hydroxyl groups excluding tert-OH is 1. The molecule has 0 spiro atoms. The molecule has 0 amide bonds. The zero-order valence-corrected chi connectivity index (χ0v) is 12.6. The van der Waals surface area contributed by atoms with Gasteiger partial charge >= 0.3 is 0 Å². The van der Waals surface area contributed by atoms with E-state index in [0.29, 0.717) is 26.4 Å². The Kier molecular flexibility index (Phi) is 9.43. The molecule has 2 N–H and O–H groups in total. The van der Waals surface area contributed by atoms with Crippen LogP contribution in [0, 0.1) is 11.8 Å². The standard InChI is InChI=1S/C15H31NO3/c1-3-4-7-18-8-9-19-12-15(17)11-16-10-13(2)14-5-6-14/h13-17H,3-12H2,1-2H3. The van der Waals surface area contributed by atoms with Gasteiger partial charge in [-0.3, -0.25) is 0 Å². The summed E-state index contributed by atoms with van der Waals surface area (Å²) in [6.07, 6.45) is 4.61. The highest BCUT2D eigenvalue weighted by atomic mass is 16.5. The first kappa shape index (κ1) is 16.9. The van der Waals surface area contributed by atoms with E-state index in [1.165, 1.54) is 12.8 Å². The zero-order chi connectivity index (χ0) is 13.9. The molecule has 0 bridgehead atoms. The number of ether oxygens (including phenoxy) is 2. The minimum Gasteiger partial charge on any atom is -0.389 e. The highest BCUT2D eigenvalue weighted by Gasteiger charge is 2.27. The van der Waals surface area contributed by atoms with Crippen LogP contribution in [0.15, 0.2) is 0 Å². The van der Waals surface area contributed by atoms with Crippen LogP contribution in [0.1, 0.15) is 39.5 Å². The Morgan fingerprint density at radius 1 is 1.16 bits per heavy atom. The smallest absolute Gasteiger partial charge is 0.0897 e. The van der Waals surface area contributed by atoms with E-state index in [0.717, 1.165) is 37.8 Å². The molecule has 1 aliphatic rings. The average Bonchev–Trinajstić information content (AvgIpc) is 3.22. The van der Waals surface area contributed by atoms with E-state index in [2.05, 4.69) is 19.2 Å². The minimum absolute atomic E-state index is 0.391. The van der Waals surface area contributed by atoms with Crippen LogP contribution in [0.4, 0.5) is 0 Å². The van der Waals surface area contributed by atoms with Crippen LogP contribution in [0.5, 0.6) is 0 Å². The first-order chi connectivity index (χ1) is 9.24. The van der Waals surface area contributed by atoms with Crippen LogP contribution in [0.3, 0.4) is 0 Å². The third-order valence-corrected chi connectivity index (χ3v) is 3.60. The Hall–Kier alpha value is -0.160. The van der Waals surface area contributed by atoms with E-state index >= 15 is 0 Å². The van der Waals surface area contributed by atoms with Crippen LogP contribution in [0.2, 0.25) is 0 Å². The lowest BCUT2D eigenvalue weighted by Crippen LogP contribution is -2.33. The SMILES string of the molecule is CCCCOCCOCC(O)CNCC(C)C1CC1. The van der Waals surface area contributed by atoms with Gasteiger partial charge in [0.1, 0.15) is 0 Å². The molecule has 4 nitrogen and oxygen atoms in total. The van der Waals surface area contributed by atoms with Gasteiger partial charge in [0.15, 0.2) is 0 Å². The van der Waals surface area contributed by atoms with Crippen molar-refractivity contribution in [2.24, 2.45) is 11.8 Å². The summed E-state index contributed by atoms with van der Waals surface area (Å²) in [4.78, 5) is 0. The second-order valence-corrected chi connectivity index (χ2v) is 5.67. The van der Waals surface area contributed by atoms with Gasteiger partial charge in [0, 0.05) is 13.2 Å². The number of unbranched alkanes of at least 4 members (excludes halogenated alkanes) is 1. The van der Waals surface area contributed by atoms with E-state index in [1.807, 2.05) is 0 Å². The summed E-state index contributed by atoms with van der Waals surface area (Å²) in [5.74, 6) is 1.65. The molecule has 0 aromatic rings. The van der Waals surface area contributed by atoms with Gasteiger partial charge in [0.05, 0.1) is 25.9 Å². The highest BCUT2D eigenvalue weighted by molar-refractivity contribution is 4.80. The van der Waals surface area contributed by atoms with Gasteiger partial charge < -0.3 is 19.9 Å². The molecular weight excluding hydrogens is 242 g/mol. The van der Waals surface area contributed by atoms with E-state index < -0.39 is 6.10 Å². The van der Waals surface area contributed by atoms with Crippen molar-refractivity contribution in [3.8, 4) is 0 Å². The number of rotatable bonds is 13. The van der Waals surface area contributed by atoms with Crippen molar-refractivity contribution in [3.63, 3.8) is 0 Å². The van der Waals surface area contributed by atoms with Crippen molar-refractivity contribution in [2.45, 2.75) is 45.6 Å². The average molecular weight is 273 g/mol. The molecule has 2 unspecified atom stereocenters. The van der Waals surface area contributed by atoms with E-state index in [4.69, 9.17) is 9.47 Å². The van der Waals surface area contributed by atoms with Gasteiger partial charge in [-0.25, -0.2) is 0 Å². The third-order valence-electron chi connectivity index (χ3n) is 3.60. The fourth-order valence-electron chi connectivity index (χ4n) is 2.05. The molecule has 2 atom stereocenters. The van der Waals surface area contributed by atoms with Crippen molar-refractivity contribution in [1.29, 1.82) is 0 Å². The van der Waals surface area contributed by atoms with Gasteiger partial charge in [-0.05, 0) is 37.6 Å². The normalized spacial score (nSPS) is 18.5. The first-order valence-corrected chi connectivity index (χ1v) is 7.78. The van der Waals surface area contributed by atoms with Crippen molar-refractivity contribution in [1.82, 2.24) is 5.32 Å². The van der Waals surface area contributed by atoms with Gasteiger partial charge in [-0.15, -0.1) is 0 Å². The van der Waals surface area contributed by atoms with Gasteiger partial charge in [-0.2, -0.15) is 0 Å². The molecule has 0 saturated heterocycles. The number of nitrogens with one attached hydrogen (secondary N) is 1. The van der Waals surface area contributed by atoms with Crippen molar-refractivity contribution < 1.29 is 14.6 Å². The molecule has 1 fully saturated rings. The lowest BCUT2D eigenvalue weighted by Gasteiger charge is -2.15. The van der Waals surface area contributed by atoms with Crippen LogP contribution < -0.4 is 5.32 Å². The van der Waals surface area contributed by atoms with Crippen LogP contribution in [-0.4, -0.2) is 50.7 Å². The minimum atomic E-state index is -0.415. The summed E-state index contributed by atoms with van der Waals surface area (Å²) < 4.78 is 10.8. The molecule has 0 radical (unpaired) electrons. The predicted molar refractivity (Wildman–Crippen MR) is 77.3 cm³/mol. The second-order valence-electron chi connectivity index (χ2n) is 5.67. The molecule has 114 valence electrons. The monoisotopic (exact) mass is 273 g/mol. The number of hydrogen-bond donors (Lipinski definition) is 2. The van der Waals surface area contributed by atoms with Crippen molar-refractivity contribution in [2.75, 3.05) is 39.5 Å². The molecule has 1 saturated carbocycles. The molecular formula is C15H31NO3. The van der Waals surface area contributed by atoms with Crippen molar-refractivity contribution >= 4 is 0 Å². The van der Waals surface area contributed by atoms with E-state index in [9.17, 15) is 5.11 Å². The maximum atomic E-state index is 9.73. The second kappa shape index (κ2) is 10.6. The zero-order valence-electron chi connectivity index (χ0n) is 12.6. The van der Waals surface area contributed by atoms with Crippen LogP contribution in [0.25, 0.3) is 0 Å². The first-order valence-electron chi connectivity index (χ1n) is 7.78. The summed E-state index contributed by atoms with van der Waals surface area (Å²) in [5.41, 5.74) is 0. The molecule has 4 heteroatoms. The Labute approximate surface area is 117 Å². The summed E-state index contributed by atoms with van der Waals surface area (Å²) in [5, 5.41) is 13.0. The molecule has 1 rings (SSSR count). The van der Waals surface area contributed by atoms with Crippen LogP contribution in [-0.2, 0) is 9.47 Å². The largest absolute Gasteiger partial charge is 0.389 e. The summed E-state index contributed by atoms with van der Waals surface area (Å²) in [6, 6.07) is 0.